The lowest BCUT2D eigenvalue weighted by molar-refractivity contribution is 0.102. The Kier molecular flexibility index (Phi) is 6.50. The minimum Gasteiger partial charge on any atom is -0.322 e. The molecule has 0 radical (unpaired) electrons. The van der Waals surface area contributed by atoms with Crippen molar-refractivity contribution in [2.45, 2.75) is 26.2 Å². The third kappa shape index (κ3) is 6.04. The van der Waals surface area contributed by atoms with Gasteiger partial charge in [0.05, 0.1) is 6.26 Å². The Balaban J connectivity index is 1.73. The standard InChI is InChI=1S/C25H26N2O4S/c1-25(2,3)20-12-8-17(9-13-20)23(28)19-6-5-7-22(16-19)26-24(29)18-10-14-21(15-11-18)27-32(4,30)31/h5-16,27H,1-4H3,(H,26,29). The maximum atomic E-state index is 12.9. The first-order valence-electron chi connectivity index (χ1n) is 10.1. The summed E-state index contributed by atoms with van der Waals surface area (Å²) in [5, 5.41) is 2.77. The molecule has 0 bridgehead atoms. The predicted molar refractivity (Wildman–Crippen MR) is 128 cm³/mol. The first-order valence-corrected chi connectivity index (χ1v) is 12.0. The molecule has 0 aliphatic heterocycles. The van der Waals surface area contributed by atoms with Crippen molar-refractivity contribution in [1.29, 1.82) is 0 Å². The van der Waals surface area contributed by atoms with Crippen LogP contribution in [0.25, 0.3) is 0 Å². The first kappa shape index (κ1) is 23.2. The van der Waals surface area contributed by atoms with Crippen molar-refractivity contribution < 1.29 is 18.0 Å². The van der Waals surface area contributed by atoms with Crippen LogP contribution in [-0.2, 0) is 15.4 Å². The van der Waals surface area contributed by atoms with Gasteiger partial charge in [0, 0.05) is 28.1 Å². The minimum absolute atomic E-state index is 0.00480. The summed E-state index contributed by atoms with van der Waals surface area (Å²) in [6.07, 6.45) is 1.06. The average Bonchev–Trinajstić information content (AvgIpc) is 2.72. The Morgan fingerprint density at radius 2 is 1.34 bits per heavy atom. The number of rotatable bonds is 6. The second-order valence-corrected chi connectivity index (χ2v) is 10.4. The van der Waals surface area contributed by atoms with Crippen LogP contribution in [0.2, 0.25) is 0 Å². The van der Waals surface area contributed by atoms with Crippen LogP contribution in [-0.4, -0.2) is 26.4 Å². The van der Waals surface area contributed by atoms with E-state index in [4.69, 9.17) is 0 Å². The van der Waals surface area contributed by atoms with Gasteiger partial charge in [-0.2, -0.15) is 0 Å². The first-order chi connectivity index (χ1) is 14.9. The van der Waals surface area contributed by atoms with Gasteiger partial charge in [-0.05, 0) is 47.4 Å². The van der Waals surface area contributed by atoms with Crippen LogP contribution < -0.4 is 10.0 Å². The number of hydrogen-bond acceptors (Lipinski definition) is 4. The second-order valence-electron chi connectivity index (χ2n) is 8.64. The molecular weight excluding hydrogens is 424 g/mol. The van der Waals surface area contributed by atoms with Crippen molar-refractivity contribution in [3.63, 3.8) is 0 Å². The molecule has 0 atom stereocenters. The fourth-order valence-electron chi connectivity index (χ4n) is 3.13. The molecule has 7 heteroatoms. The van der Waals surface area contributed by atoms with Crippen LogP contribution in [0, 0.1) is 0 Å². The maximum absolute atomic E-state index is 12.9. The molecule has 0 spiro atoms. The molecule has 0 heterocycles. The molecule has 3 aromatic rings. The van der Waals surface area contributed by atoms with Gasteiger partial charge in [0.2, 0.25) is 10.0 Å². The predicted octanol–water partition coefficient (Wildman–Crippen LogP) is 4.84. The molecule has 3 rings (SSSR count). The normalized spacial score (nSPS) is 11.6. The molecule has 3 aromatic carbocycles. The Labute approximate surface area is 188 Å². The molecule has 166 valence electrons. The molecular formula is C25H26N2O4S. The van der Waals surface area contributed by atoms with Crippen molar-refractivity contribution in [1.82, 2.24) is 0 Å². The molecule has 0 fully saturated rings. The molecule has 1 amide bonds. The Hall–Kier alpha value is -3.45. The van der Waals surface area contributed by atoms with Crippen LogP contribution in [0.15, 0.2) is 72.8 Å². The molecule has 0 unspecified atom stereocenters. The van der Waals surface area contributed by atoms with Crippen LogP contribution >= 0.6 is 0 Å². The van der Waals surface area contributed by atoms with E-state index in [1.165, 1.54) is 24.3 Å². The van der Waals surface area contributed by atoms with Gasteiger partial charge in [-0.15, -0.1) is 0 Å². The van der Waals surface area contributed by atoms with Gasteiger partial charge in [-0.3, -0.25) is 14.3 Å². The van der Waals surface area contributed by atoms with Crippen molar-refractivity contribution in [3.8, 4) is 0 Å². The van der Waals surface area contributed by atoms with E-state index >= 15 is 0 Å². The minimum atomic E-state index is -3.39. The molecule has 0 aromatic heterocycles. The summed E-state index contributed by atoms with van der Waals surface area (Å²) in [7, 11) is -3.39. The Bertz CT molecular complexity index is 1240. The fourth-order valence-corrected chi connectivity index (χ4v) is 3.70. The van der Waals surface area contributed by atoms with E-state index in [9.17, 15) is 18.0 Å². The van der Waals surface area contributed by atoms with E-state index in [-0.39, 0.29) is 17.1 Å². The fraction of sp³-hybridized carbons (Fsp3) is 0.200. The van der Waals surface area contributed by atoms with E-state index in [0.29, 0.717) is 28.1 Å². The molecule has 0 saturated carbocycles. The number of sulfonamides is 1. The number of anilines is 2. The van der Waals surface area contributed by atoms with Crippen molar-refractivity contribution >= 4 is 33.1 Å². The number of benzene rings is 3. The summed E-state index contributed by atoms with van der Waals surface area (Å²) in [6.45, 7) is 6.35. The lowest BCUT2D eigenvalue weighted by Crippen LogP contribution is -2.13. The quantitative estimate of drug-likeness (QED) is 0.526. The van der Waals surface area contributed by atoms with Crippen LogP contribution in [0.1, 0.15) is 52.6 Å². The number of hydrogen-bond donors (Lipinski definition) is 2. The van der Waals surface area contributed by atoms with E-state index in [2.05, 4.69) is 30.8 Å². The molecule has 0 saturated heterocycles. The highest BCUT2D eigenvalue weighted by molar-refractivity contribution is 7.92. The molecule has 0 aliphatic rings. The van der Waals surface area contributed by atoms with Gasteiger partial charge >= 0.3 is 0 Å². The molecule has 6 nitrogen and oxygen atoms in total. The Morgan fingerprint density at radius 1 is 0.750 bits per heavy atom. The molecule has 0 aliphatic carbocycles. The van der Waals surface area contributed by atoms with E-state index in [1.54, 1.807) is 24.3 Å². The monoisotopic (exact) mass is 450 g/mol. The topological polar surface area (TPSA) is 92.3 Å². The third-order valence-corrected chi connectivity index (χ3v) is 5.45. The van der Waals surface area contributed by atoms with Crippen molar-refractivity contribution in [2.75, 3.05) is 16.3 Å². The largest absolute Gasteiger partial charge is 0.322 e. The van der Waals surface area contributed by atoms with Gasteiger partial charge in [-0.1, -0.05) is 57.2 Å². The number of nitrogens with one attached hydrogen (secondary N) is 2. The van der Waals surface area contributed by atoms with Crippen LogP contribution in [0.5, 0.6) is 0 Å². The maximum Gasteiger partial charge on any atom is 0.255 e. The molecule has 32 heavy (non-hydrogen) atoms. The number of carbonyl (C=O) groups excluding carboxylic acids is 2. The zero-order valence-electron chi connectivity index (χ0n) is 18.5. The third-order valence-electron chi connectivity index (χ3n) is 4.85. The number of carbonyl (C=O) groups is 2. The number of amides is 1. The smallest absolute Gasteiger partial charge is 0.255 e. The SMILES string of the molecule is CC(C)(C)c1ccc(C(=O)c2cccc(NC(=O)c3ccc(NS(C)(=O)=O)cc3)c2)cc1. The summed E-state index contributed by atoms with van der Waals surface area (Å²) >= 11 is 0. The van der Waals surface area contributed by atoms with Gasteiger partial charge in [0.25, 0.3) is 5.91 Å². The second kappa shape index (κ2) is 8.96. The highest BCUT2D eigenvalue weighted by Crippen LogP contribution is 2.23. The summed E-state index contributed by atoms with van der Waals surface area (Å²) in [4.78, 5) is 25.5. The van der Waals surface area contributed by atoms with E-state index < -0.39 is 10.0 Å². The van der Waals surface area contributed by atoms with Crippen molar-refractivity contribution in [3.05, 3.63) is 95.1 Å². The zero-order valence-corrected chi connectivity index (χ0v) is 19.3. The highest BCUT2D eigenvalue weighted by atomic mass is 32.2. The molecule has 2 N–H and O–H groups in total. The van der Waals surface area contributed by atoms with Gasteiger partial charge in [-0.25, -0.2) is 8.42 Å². The van der Waals surface area contributed by atoms with Gasteiger partial charge < -0.3 is 5.32 Å². The summed E-state index contributed by atoms with van der Waals surface area (Å²) < 4.78 is 24.9. The van der Waals surface area contributed by atoms with Crippen LogP contribution in [0.3, 0.4) is 0 Å². The lowest BCUT2D eigenvalue weighted by Gasteiger charge is -2.19. The average molecular weight is 451 g/mol. The summed E-state index contributed by atoms with van der Waals surface area (Å²) in [5.74, 6) is -0.493. The Morgan fingerprint density at radius 3 is 1.91 bits per heavy atom. The van der Waals surface area contributed by atoms with Gasteiger partial charge in [0.1, 0.15) is 0 Å². The highest BCUT2D eigenvalue weighted by Gasteiger charge is 2.16. The van der Waals surface area contributed by atoms with E-state index in [1.807, 2.05) is 24.3 Å². The van der Waals surface area contributed by atoms with Gasteiger partial charge in [0.15, 0.2) is 5.78 Å². The van der Waals surface area contributed by atoms with E-state index in [0.717, 1.165) is 11.8 Å². The number of ketones is 1. The zero-order chi connectivity index (χ0) is 23.5. The summed E-state index contributed by atoms with van der Waals surface area (Å²) in [6, 6.07) is 20.4. The summed E-state index contributed by atoms with van der Waals surface area (Å²) in [5.41, 5.74) is 3.42. The van der Waals surface area contributed by atoms with Crippen molar-refractivity contribution in [2.24, 2.45) is 0 Å². The lowest BCUT2D eigenvalue weighted by atomic mass is 9.86. The van der Waals surface area contributed by atoms with Crippen LogP contribution in [0.4, 0.5) is 11.4 Å².